The number of likely N-dealkylation sites (tertiary alicyclic amines) is 1. The van der Waals surface area contributed by atoms with E-state index in [-0.39, 0.29) is 5.54 Å². The van der Waals surface area contributed by atoms with Crippen LogP contribution in [-0.4, -0.2) is 29.4 Å². The summed E-state index contributed by atoms with van der Waals surface area (Å²) in [6.45, 7) is 1.91. The van der Waals surface area contributed by atoms with Crippen LogP contribution in [0.2, 0.25) is 0 Å². The van der Waals surface area contributed by atoms with Gasteiger partial charge in [0.25, 0.3) is 0 Å². The minimum atomic E-state index is -0.177. The second-order valence-corrected chi connectivity index (χ2v) is 5.54. The van der Waals surface area contributed by atoms with Crippen molar-refractivity contribution in [3.05, 3.63) is 0 Å². The Bertz CT molecular complexity index is 238. The third kappa shape index (κ3) is 2.97. The second-order valence-electron chi connectivity index (χ2n) is 5.54. The molecule has 0 aromatic rings. The van der Waals surface area contributed by atoms with E-state index in [4.69, 9.17) is 5.73 Å². The summed E-state index contributed by atoms with van der Waals surface area (Å²) >= 11 is 0. The molecular weight excluding hydrogens is 200 g/mol. The number of carbonyl (C=O) groups is 1. The van der Waals surface area contributed by atoms with Gasteiger partial charge in [-0.25, -0.2) is 0 Å². The molecule has 1 saturated carbocycles. The molecule has 1 aliphatic carbocycles. The fourth-order valence-electron chi connectivity index (χ4n) is 2.99. The Labute approximate surface area is 98.4 Å². The van der Waals surface area contributed by atoms with Crippen molar-refractivity contribution in [2.75, 3.05) is 13.1 Å². The first-order valence-corrected chi connectivity index (χ1v) is 6.76. The molecule has 0 spiro atoms. The van der Waals surface area contributed by atoms with E-state index in [1.165, 1.54) is 38.5 Å². The van der Waals surface area contributed by atoms with E-state index >= 15 is 0 Å². The van der Waals surface area contributed by atoms with Crippen LogP contribution in [0.4, 0.5) is 0 Å². The van der Waals surface area contributed by atoms with Crippen LogP contribution < -0.4 is 5.73 Å². The standard InChI is InChI=1S/C13H24N2O/c14-13(7-3-4-8-13)11-12(16)15-9-5-1-2-6-10-15/h1-11,14H2. The summed E-state index contributed by atoms with van der Waals surface area (Å²) in [7, 11) is 0. The third-order valence-corrected chi connectivity index (χ3v) is 4.06. The van der Waals surface area contributed by atoms with Crippen LogP contribution in [0.5, 0.6) is 0 Å². The van der Waals surface area contributed by atoms with Crippen LogP contribution in [0.1, 0.15) is 57.8 Å². The molecule has 92 valence electrons. The molecule has 2 fully saturated rings. The highest BCUT2D eigenvalue weighted by molar-refractivity contribution is 5.77. The zero-order valence-corrected chi connectivity index (χ0v) is 10.2. The number of hydrogen-bond donors (Lipinski definition) is 1. The van der Waals surface area contributed by atoms with Gasteiger partial charge in [0.05, 0.1) is 0 Å². The highest BCUT2D eigenvalue weighted by Gasteiger charge is 2.33. The second kappa shape index (κ2) is 5.17. The summed E-state index contributed by atoms with van der Waals surface area (Å²) in [5.41, 5.74) is 6.08. The minimum Gasteiger partial charge on any atom is -0.343 e. The molecule has 0 bridgehead atoms. The number of nitrogens with zero attached hydrogens (tertiary/aromatic N) is 1. The average molecular weight is 224 g/mol. The highest BCUT2D eigenvalue weighted by Crippen LogP contribution is 2.30. The fraction of sp³-hybridized carbons (Fsp3) is 0.923. The SMILES string of the molecule is NC1(CC(=O)N2CCCCCC2)CCCC1. The number of carbonyl (C=O) groups excluding carboxylic acids is 1. The molecule has 1 aliphatic heterocycles. The van der Waals surface area contributed by atoms with Crippen molar-refractivity contribution in [2.24, 2.45) is 5.73 Å². The zero-order valence-electron chi connectivity index (χ0n) is 10.2. The monoisotopic (exact) mass is 224 g/mol. The van der Waals surface area contributed by atoms with Gasteiger partial charge in [-0.2, -0.15) is 0 Å². The van der Waals surface area contributed by atoms with Gasteiger partial charge >= 0.3 is 0 Å². The molecule has 16 heavy (non-hydrogen) atoms. The lowest BCUT2D eigenvalue weighted by molar-refractivity contribution is -0.132. The van der Waals surface area contributed by atoms with Gasteiger partial charge < -0.3 is 10.6 Å². The Morgan fingerprint density at radius 2 is 1.56 bits per heavy atom. The van der Waals surface area contributed by atoms with Gasteiger partial charge in [-0.15, -0.1) is 0 Å². The first kappa shape index (κ1) is 11.9. The van der Waals surface area contributed by atoms with Crippen molar-refractivity contribution in [2.45, 2.75) is 63.3 Å². The number of rotatable bonds is 2. The molecule has 0 aromatic carbocycles. The molecule has 3 heteroatoms. The van der Waals surface area contributed by atoms with Crippen molar-refractivity contribution in [3.63, 3.8) is 0 Å². The maximum atomic E-state index is 12.2. The van der Waals surface area contributed by atoms with Gasteiger partial charge in [0.2, 0.25) is 5.91 Å². The quantitative estimate of drug-likeness (QED) is 0.780. The number of hydrogen-bond acceptors (Lipinski definition) is 2. The first-order valence-electron chi connectivity index (χ1n) is 6.76. The Morgan fingerprint density at radius 1 is 1.00 bits per heavy atom. The fourth-order valence-corrected chi connectivity index (χ4v) is 2.99. The van der Waals surface area contributed by atoms with Crippen LogP contribution >= 0.6 is 0 Å². The topological polar surface area (TPSA) is 46.3 Å². The molecule has 0 atom stereocenters. The Morgan fingerprint density at radius 3 is 2.12 bits per heavy atom. The van der Waals surface area contributed by atoms with E-state index in [9.17, 15) is 4.79 Å². The maximum absolute atomic E-state index is 12.2. The van der Waals surface area contributed by atoms with Gasteiger partial charge in [-0.1, -0.05) is 25.7 Å². The predicted octanol–water partition coefficient (Wildman–Crippen LogP) is 2.05. The molecule has 0 unspecified atom stereocenters. The van der Waals surface area contributed by atoms with Crippen LogP contribution in [0.15, 0.2) is 0 Å². The largest absolute Gasteiger partial charge is 0.343 e. The van der Waals surface area contributed by atoms with Gasteiger partial charge in [0.1, 0.15) is 0 Å². The Kier molecular flexibility index (Phi) is 3.85. The van der Waals surface area contributed by atoms with Crippen molar-refractivity contribution in [3.8, 4) is 0 Å². The van der Waals surface area contributed by atoms with Crippen LogP contribution in [0.3, 0.4) is 0 Å². The van der Waals surface area contributed by atoms with E-state index in [2.05, 4.69) is 0 Å². The predicted molar refractivity (Wildman–Crippen MR) is 65.1 cm³/mol. The van der Waals surface area contributed by atoms with Crippen LogP contribution in [0, 0.1) is 0 Å². The van der Waals surface area contributed by atoms with Gasteiger partial charge in [-0.05, 0) is 25.7 Å². The van der Waals surface area contributed by atoms with Crippen molar-refractivity contribution >= 4 is 5.91 Å². The number of amides is 1. The van der Waals surface area contributed by atoms with Crippen molar-refractivity contribution in [1.29, 1.82) is 0 Å². The normalized spacial score (nSPS) is 25.4. The smallest absolute Gasteiger partial charge is 0.224 e. The number of nitrogens with two attached hydrogens (primary N) is 1. The van der Waals surface area contributed by atoms with Crippen LogP contribution in [-0.2, 0) is 4.79 Å². The Hall–Kier alpha value is -0.570. The van der Waals surface area contributed by atoms with Crippen molar-refractivity contribution < 1.29 is 4.79 Å². The minimum absolute atomic E-state index is 0.177. The molecular formula is C13H24N2O. The first-order chi connectivity index (χ1) is 7.70. The van der Waals surface area contributed by atoms with E-state index in [1.54, 1.807) is 0 Å². The lowest BCUT2D eigenvalue weighted by Crippen LogP contribution is -2.44. The van der Waals surface area contributed by atoms with E-state index in [0.717, 1.165) is 25.9 Å². The molecule has 1 heterocycles. The van der Waals surface area contributed by atoms with E-state index in [1.807, 2.05) is 4.90 Å². The average Bonchev–Trinajstić information content (AvgIpc) is 2.56. The molecule has 2 N–H and O–H groups in total. The highest BCUT2D eigenvalue weighted by atomic mass is 16.2. The maximum Gasteiger partial charge on any atom is 0.224 e. The lowest BCUT2D eigenvalue weighted by Gasteiger charge is -2.27. The van der Waals surface area contributed by atoms with E-state index < -0.39 is 0 Å². The molecule has 1 amide bonds. The lowest BCUT2D eigenvalue weighted by atomic mass is 9.94. The summed E-state index contributed by atoms with van der Waals surface area (Å²) < 4.78 is 0. The molecule has 3 nitrogen and oxygen atoms in total. The van der Waals surface area contributed by atoms with Crippen LogP contribution in [0.25, 0.3) is 0 Å². The summed E-state index contributed by atoms with van der Waals surface area (Å²) in [5.74, 6) is 0.298. The Balaban J connectivity index is 1.86. The summed E-state index contributed by atoms with van der Waals surface area (Å²) in [6, 6.07) is 0. The summed E-state index contributed by atoms with van der Waals surface area (Å²) in [5, 5.41) is 0. The van der Waals surface area contributed by atoms with Gasteiger partial charge in [-0.3, -0.25) is 4.79 Å². The molecule has 2 aliphatic rings. The van der Waals surface area contributed by atoms with Gasteiger partial charge in [0.15, 0.2) is 0 Å². The zero-order chi connectivity index (χ0) is 11.4. The summed E-state index contributed by atoms with van der Waals surface area (Å²) in [4.78, 5) is 14.2. The van der Waals surface area contributed by atoms with Gasteiger partial charge in [0, 0.05) is 25.0 Å². The molecule has 0 aromatic heterocycles. The third-order valence-electron chi connectivity index (χ3n) is 4.06. The molecule has 1 saturated heterocycles. The molecule has 0 radical (unpaired) electrons. The summed E-state index contributed by atoms with van der Waals surface area (Å²) in [6.07, 6.45) is 9.93. The molecule has 2 rings (SSSR count). The van der Waals surface area contributed by atoms with E-state index in [0.29, 0.717) is 12.3 Å². The van der Waals surface area contributed by atoms with Crippen molar-refractivity contribution in [1.82, 2.24) is 4.90 Å².